The van der Waals surface area contributed by atoms with Gasteiger partial charge in [0.15, 0.2) is 0 Å². The van der Waals surface area contributed by atoms with E-state index in [0.29, 0.717) is 11.4 Å². The Bertz CT molecular complexity index is 159. The van der Waals surface area contributed by atoms with Gasteiger partial charge in [-0.15, -0.1) is 11.6 Å². The maximum atomic E-state index is 5.75. The maximum Gasteiger partial charge on any atom is 0.0792 e. The summed E-state index contributed by atoms with van der Waals surface area (Å²) < 4.78 is 5.70. The zero-order valence-electron chi connectivity index (χ0n) is 9.04. The second-order valence-electron chi connectivity index (χ2n) is 3.68. The first kappa shape index (κ1) is 12.6. The van der Waals surface area contributed by atoms with Gasteiger partial charge in [-0.05, 0) is 6.54 Å². The van der Waals surface area contributed by atoms with Gasteiger partial charge in [0.2, 0.25) is 0 Å². The number of alkyl halides is 1. The predicted octanol–water partition coefficient (Wildman–Crippen LogP) is 2.07. The average molecular weight is 238 g/mol. The van der Waals surface area contributed by atoms with E-state index < -0.39 is 0 Å². The highest BCUT2D eigenvalue weighted by molar-refractivity contribution is 8.00. The van der Waals surface area contributed by atoms with Crippen LogP contribution in [0.4, 0.5) is 0 Å². The van der Waals surface area contributed by atoms with E-state index in [9.17, 15) is 0 Å². The molecule has 14 heavy (non-hydrogen) atoms. The Morgan fingerprint density at radius 2 is 2.43 bits per heavy atom. The van der Waals surface area contributed by atoms with Gasteiger partial charge in [0.05, 0.1) is 12.7 Å². The van der Waals surface area contributed by atoms with E-state index in [2.05, 4.69) is 18.7 Å². The fourth-order valence-electron chi connectivity index (χ4n) is 1.48. The van der Waals surface area contributed by atoms with Crippen molar-refractivity contribution in [1.29, 1.82) is 0 Å². The molecular weight excluding hydrogens is 218 g/mol. The van der Waals surface area contributed by atoms with E-state index in [1.807, 2.05) is 11.8 Å². The minimum atomic E-state index is 0.402. The van der Waals surface area contributed by atoms with Gasteiger partial charge in [-0.1, -0.05) is 13.8 Å². The Balaban J connectivity index is 2.17. The average Bonchev–Trinajstić information content (AvgIpc) is 2.26. The van der Waals surface area contributed by atoms with E-state index in [0.717, 1.165) is 37.9 Å². The number of ether oxygens (including phenoxy) is 1. The molecule has 1 aliphatic rings. The van der Waals surface area contributed by atoms with Crippen LogP contribution in [0.1, 0.15) is 13.8 Å². The first-order chi connectivity index (χ1) is 6.76. The number of halogens is 1. The number of likely N-dealkylation sites (N-methyl/N-ethyl adjacent to an activating group) is 1. The Kier molecular flexibility index (Phi) is 6.26. The fraction of sp³-hybridized carbons (Fsp3) is 1.00. The van der Waals surface area contributed by atoms with Gasteiger partial charge in [0, 0.05) is 30.0 Å². The summed E-state index contributed by atoms with van der Waals surface area (Å²) in [4.78, 5) is 2.44. The molecule has 0 amide bonds. The van der Waals surface area contributed by atoms with Crippen molar-refractivity contribution in [3.8, 4) is 0 Å². The quantitative estimate of drug-likeness (QED) is 0.680. The van der Waals surface area contributed by atoms with Crippen molar-refractivity contribution >= 4 is 23.4 Å². The van der Waals surface area contributed by atoms with Crippen LogP contribution in [-0.4, -0.2) is 54.1 Å². The molecule has 2 nitrogen and oxygen atoms in total. The number of nitrogens with zero attached hydrogens (tertiary/aromatic N) is 1. The van der Waals surface area contributed by atoms with Crippen molar-refractivity contribution in [1.82, 2.24) is 4.90 Å². The smallest absolute Gasteiger partial charge is 0.0792 e. The normalized spacial score (nSPS) is 26.4. The molecule has 1 saturated heterocycles. The van der Waals surface area contributed by atoms with E-state index in [-0.39, 0.29) is 0 Å². The molecule has 1 fully saturated rings. The first-order valence-electron chi connectivity index (χ1n) is 5.27. The molecule has 0 aromatic carbocycles. The van der Waals surface area contributed by atoms with Gasteiger partial charge in [0.1, 0.15) is 0 Å². The van der Waals surface area contributed by atoms with Crippen molar-refractivity contribution < 1.29 is 4.74 Å². The summed E-state index contributed by atoms with van der Waals surface area (Å²) in [6.07, 6.45) is 0.402. The molecule has 0 saturated carbocycles. The highest BCUT2D eigenvalue weighted by Crippen LogP contribution is 2.16. The molecule has 0 N–H and O–H groups in total. The summed E-state index contributed by atoms with van der Waals surface area (Å²) in [7, 11) is 0. The lowest BCUT2D eigenvalue weighted by Gasteiger charge is -2.32. The molecule has 0 spiro atoms. The topological polar surface area (TPSA) is 12.5 Å². The number of thioether (sulfide) groups is 1. The minimum absolute atomic E-state index is 0.402. The maximum absolute atomic E-state index is 5.75. The van der Waals surface area contributed by atoms with Crippen LogP contribution in [0, 0.1) is 0 Å². The van der Waals surface area contributed by atoms with Crippen molar-refractivity contribution in [3.05, 3.63) is 0 Å². The summed E-state index contributed by atoms with van der Waals surface area (Å²) in [5.41, 5.74) is 0. The lowest BCUT2D eigenvalue weighted by Crippen LogP contribution is -2.43. The summed E-state index contributed by atoms with van der Waals surface area (Å²) in [5, 5.41) is 0.539. The summed E-state index contributed by atoms with van der Waals surface area (Å²) in [6.45, 7) is 8.56. The van der Waals surface area contributed by atoms with Crippen molar-refractivity contribution in [3.63, 3.8) is 0 Å². The Morgan fingerprint density at radius 1 is 1.64 bits per heavy atom. The number of hydrogen-bond donors (Lipinski definition) is 0. The second-order valence-corrected chi connectivity index (χ2v) is 5.46. The Labute approximate surface area is 96.3 Å². The van der Waals surface area contributed by atoms with Crippen LogP contribution >= 0.6 is 23.4 Å². The number of hydrogen-bond acceptors (Lipinski definition) is 3. The Morgan fingerprint density at radius 3 is 3.07 bits per heavy atom. The second kappa shape index (κ2) is 6.94. The van der Waals surface area contributed by atoms with Gasteiger partial charge < -0.3 is 4.74 Å². The molecule has 0 bridgehead atoms. The van der Waals surface area contributed by atoms with Gasteiger partial charge in [-0.3, -0.25) is 4.90 Å². The number of morpholine rings is 1. The third-order valence-electron chi connectivity index (χ3n) is 2.45. The van der Waals surface area contributed by atoms with E-state index in [4.69, 9.17) is 16.3 Å². The van der Waals surface area contributed by atoms with Gasteiger partial charge in [0.25, 0.3) is 0 Å². The lowest BCUT2D eigenvalue weighted by molar-refractivity contribution is -0.0137. The lowest BCUT2D eigenvalue weighted by atomic mass is 10.3. The van der Waals surface area contributed by atoms with Gasteiger partial charge >= 0.3 is 0 Å². The molecule has 0 aliphatic carbocycles. The SMILES string of the molecule is CCN1CCOC(CSC(C)CCl)C1. The highest BCUT2D eigenvalue weighted by atomic mass is 35.5. The largest absolute Gasteiger partial charge is 0.375 e. The fourth-order valence-corrected chi connectivity index (χ4v) is 2.59. The molecule has 0 radical (unpaired) electrons. The standard InChI is InChI=1S/C10H20ClNOS/c1-3-12-4-5-13-10(7-12)8-14-9(2)6-11/h9-10H,3-8H2,1-2H3. The molecule has 2 atom stereocenters. The zero-order valence-corrected chi connectivity index (χ0v) is 10.6. The zero-order chi connectivity index (χ0) is 10.4. The molecule has 1 aliphatic heterocycles. The van der Waals surface area contributed by atoms with Crippen LogP contribution in [0.5, 0.6) is 0 Å². The molecule has 0 aromatic rings. The highest BCUT2D eigenvalue weighted by Gasteiger charge is 2.19. The summed E-state index contributed by atoms with van der Waals surface area (Å²) in [6, 6.07) is 0. The van der Waals surface area contributed by atoms with Crippen molar-refractivity contribution in [2.24, 2.45) is 0 Å². The monoisotopic (exact) mass is 237 g/mol. The van der Waals surface area contributed by atoms with Crippen LogP contribution in [-0.2, 0) is 4.74 Å². The van der Waals surface area contributed by atoms with Crippen LogP contribution in [0.15, 0.2) is 0 Å². The van der Waals surface area contributed by atoms with Crippen molar-refractivity contribution in [2.45, 2.75) is 25.2 Å². The third-order valence-corrected chi connectivity index (χ3v) is 4.40. The molecule has 0 aromatic heterocycles. The predicted molar refractivity (Wildman–Crippen MR) is 64.5 cm³/mol. The molecular formula is C10H20ClNOS. The Hall–Kier alpha value is 0.560. The van der Waals surface area contributed by atoms with E-state index in [1.54, 1.807) is 0 Å². The van der Waals surface area contributed by atoms with Crippen LogP contribution in [0.2, 0.25) is 0 Å². The van der Waals surface area contributed by atoms with E-state index in [1.165, 1.54) is 0 Å². The first-order valence-corrected chi connectivity index (χ1v) is 6.86. The minimum Gasteiger partial charge on any atom is -0.375 e. The summed E-state index contributed by atoms with van der Waals surface area (Å²) in [5.74, 6) is 1.80. The van der Waals surface area contributed by atoms with Crippen molar-refractivity contribution in [2.75, 3.05) is 37.9 Å². The number of rotatable bonds is 5. The van der Waals surface area contributed by atoms with Crippen LogP contribution in [0.25, 0.3) is 0 Å². The molecule has 1 rings (SSSR count). The third kappa shape index (κ3) is 4.39. The van der Waals surface area contributed by atoms with Crippen LogP contribution in [0.3, 0.4) is 0 Å². The van der Waals surface area contributed by atoms with Gasteiger partial charge in [-0.2, -0.15) is 11.8 Å². The molecule has 2 unspecified atom stereocenters. The van der Waals surface area contributed by atoms with Crippen LogP contribution < -0.4 is 0 Å². The van der Waals surface area contributed by atoms with Gasteiger partial charge in [-0.25, -0.2) is 0 Å². The molecule has 1 heterocycles. The molecule has 4 heteroatoms. The van der Waals surface area contributed by atoms with E-state index >= 15 is 0 Å². The molecule has 84 valence electrons. The summed E-state index contributed by atoms with van der Waals surface area (Å²) >= 11 is 7.67.